The van der Waals surface area contributed by atoms with Crippen LogP contribution < -0.4 is 10.1 Å². The number of aromatic nitrogens is 2. The molecule has 0 atom stereocenters. The lowest BCUT2D eigenvalue weighted by molar-refractivity contribution is -0.387. The monoisotopic (exact) mass is 492 g/mol. The minimum absolute atomic E-state index is 0.129. The lowest BCUT2D eigenvalue weighted by Crippen LogP contribution is -2.22. The third kappa shape index (κ3) is 6.18. The topological polar surface area (TPSA) is 107 Å². The quantitative estimate of drug-likeness (QED) is 0.246. The third-order valence-electron chi connectivity index (χ3n) is 4.68. The molecule has 4 rings (SSSR count). The number of benzene rings is 2. The van der Waals surface area contributed by atoms with E-state index in [1.807, 2.05) is 54.8 Å². The lowest BCUT2D eigenvalue weighted by atomic mass is 10.1. The lowest BCUT2D eigenvalue weighted by Gasteiger charge is -2.09. The number of hydrogen-bond donors (Lipinski definition) is 1. The summed E-state index contributed by atoms with van der Waals surface area (Å²) in [6, 6.07) is 17.5. The molecule has 0 aliphatic rings. The van der Waals surface area contributed by atoms with E-state index in [0.717, 1.165) is 17.0 Å². The highest BCUT2D eigenvalue weighted by Gasteiger charge is 2.19. The average Bonchev–Trinajstić information content (AvgIpc) is 3.26. The minimum atomic E-state index is -0.484. The van der Waals surface area contributed by atoms with Crippen LogP contribution >= 0.6 is 23.1 Å². The maximum absolute atomic E-state index is 12.7. The molecule has 0 saturated heterocycles. The van der Waals surface area contributed by atoms with E-state index in [4.69, 9.17) is 4.74 Å². The van der Waals surface area contributed by atoms with Crippen molar-refractivity contribution in [3.8, 4) is 5.75 Å². The fourth-order valence-electron chi connectivity index (χ4n) is 3.03. The van der Waals surface area contributed by atoms with Gasteiger partial charge in [0.05, 0.1) is 15.5 Å². The maximum Gasteiger partial charge on any atom is 0.284 e. The van der Waals surface area contributed by atoms with Gasteiger partial charge in [0.25, 0.3) is 11.6 Å². The number of hydrogen-bond acceptors (Lipinski definition) is 8. The molecule has 1 N–H and O–H groups in total. The van der Waals surface area contributed by atoms with Gasteiger partial charge in [0, 0.05) is 35.4 Å². The zero-order valence-corrected chi connectivity index (χ0v) is 19.8. The Labute approximate surface area is 204 Å². The Balaban J connectivity index is 1.39. The molecule has 0 unspecified atom stereocenters. The van der Waals surface area contributed by atoms with E-state index in [0.29, 0.717) is 21.6 Å². The summed E-state index contributed by atoms with van der Waals surface area (Å²) in [5.74, 6) is 0.261. The number of aryl methyl sites for hydroxylation is 1. The molecule has 0 spiro atoms. The minimum Gasteiger partial charge on any atom is -0.487 e. The SMILES string of the molecule is Cc1csc(Sc2ccc(C(=O)NCc3cccc(OCc4ccccn4)c3)cc2[N+](=O)[O-])n1. The van der Waals surface area contributed by atoms with E-state index in [1.54, 1.807) is 18.3 Å². The molecule has 0 aliphatic carbocycles. The van der Waals surface area contributed by atoms with E-state index >= 15 is 0 Å². The number of nitro benzene ring substituents is 1. The van der Waals surface area contributed by atoms with Crippen molar-refractivity contribution in [3.05, 3.63) is 105 Å². The van der Waals surface area contributed by atoms with Gasteiger partial charge < -0.3 is 10.1 Å². The van der Waals surface area contributed by atoms with Gasteiger partial charge >= 0.3 is 0 Å². The van der Waals surface area contributed by atoms with Crippen LogP contribution in [-0.2, 0) is 13.2 Å². The summed E-state index contributed by atoms with van der Waals surface area (Å²) in [4.78, 5) is 32.8. The van der Waals surface area contributed by atoms with Crippen molar-refractivity contribution in [3.63, 3.8) is 0 Å². The zero-order chi connectivity index (χ0) is 23.9. The summed E-state index contributed by atoms with van der Waals surface area (Å²) in [5.41, 5.74) is 2.60. The molecule has 10 heteroatoms. The summed E-state index contributed by atoms with van der Waals surface area (Å²) >= 11 is 2.63. The molecule has 8 nitrogen and oxygen atoms in total. The Morgan fingerprint density at radius 3 is 2.79 bits per heavy atom. The first-order valence-corrected chi connectivity index (χ1v) is 12.0. The van der Waals surface area contributed by atoms with Crippen molar-refractivity contribution in [1.29, 1.82) is 0 Å². The van der Waals surface area contributed by atoms with Crippen LogP contribution in [0.1, 0.15) is 27.3 Å². The van der Waals surface area contributed by atoms with E-state index in [1.165, 1.54) is 29.2 Å². The summed E-state index contributed by atoms with van der Waals surface area (Å²) in [6.07, 6.45) is 1.71. The van der Waals surface area contributed by atoms with Crippen LogP contribution in [0.4, 0.5) is 5.69 Å². The van der Waals surface area contributed by atoms with E-state index < -0.39 is 10.8 Å². The van der Waals surface area contributed by atoms with Gasteiger partial charge in [-0.3, -0.25) is 19.9 Å². The predicted molar refractivity (Wildman–Crippen MR) is 130 cm³/mol. The molecule has 0 fully saturated rings. The van der Waals surface area contributed by atoms with E-state index in [-0.39, 0.29) is 17.8 Å². The van der Waals surface area contributed by atoms with Gasteiger partial charge in [-0.25, -0.2) is 4.98 Å². The molecule has 0 bridgehead atoms. The van der Waals surface area contributed by atoms with Crippen LogP contribution in [-0.4, -0.2) is 20.8 Å². The van der Waals surface area contributed by atoms with Crippen molar-refractivity contribution in [2.75, 3.05) is 0 Å². The van der Waals surface area contributed by atoms with Gasteiger partial charge in [-0.05, 0) is 48.9 Å². The van der Waals surface area contributed by atoms with Crippen molar-refractivity contribution in [2.24, 2.45) is 0 Å². The summed E-state index contributed by atoms with van der Waals surface area (Å²) < 4.78 is 6.48. The summed E-state index contributed by atoms with van der Waals surface area (Å²) in [6.45, 7) is 2.46. The van der Waals surface area contributed by atoms with Crippen LogP contribution in [0.25, 0.3) is 0 Å². The molecule has 0 aliphatic heterocycles. The number of carbonyl (C=O) groups excluding carboxylic acids is 1. The van der Waals surface area contributed by atoms with E-state index in [2.05, 4.69) is 15.3 Å². The van der Waals surface area contributed by atoms with Crippen molar-refractivity contribution >= 4 is 34.7 Å². The van der Waals surface area contributed by atoms with Crippen LogP contribution in [0, 0.1) is 17.0 Å². The number of amides is 1. The standard InChI is InChI=1S/C24H20N4O4S2/c1-16-15-33-24(27-16)34-22-9-8-18(12-21(22)28(30)31)23(29)26-13-17-5-4-7-20(11-17)32-14-19-6-2-3-10-25-19/h2-12,15H,13-14H2,1H3,(H,26,29). The number of ether oxygens (including phenoxy) is 1. The molecule has 2 heterocycles. The number of rotatable bonds is 9. The summed E-state index contributed by atoms with van der Waals surface area (Å²) in [5, 5.41) is 16.3. The fourth-order valence-corrected chi connectivity index (χ4v) is 4.91. The first-order chi connectivity index (χ1) is 16.5. The van der Waals surface area contributed by atoms with Crippen molar-refractivity contribution in [1.82, 2.24) is 15.3 Å². The third-order valence-corrected chi connectivity index (χ3v) is 6.80. The molecule has 4 aromatic rings. The Hall–Kier alpha value is -3.76. The number of thiazole rings is 1. The Morgan fingerprint density at radius 1 is 1.18 bits per heavy atom. The van der Waals surface area contributed by atoms with E-state index in [9.17, 15) is 14.9 Å². The highest BCUT2D eigenvalue weighted by atomic mass is 32.2. The fraction of sp³-hybridized carbons (Fsp3) is 0.125. The second-order valence-corrected chi connectivity index (χ2v) is 9.38. The number of carbonyl (C=O) groups is 1. The smallest absolute Gasteiger partial charge is 0.284 e. The summed E-state index contributed by atoms with van der Waals surface area (Å²) in [7, 11) is 0. The number of pyridine rings is 1. The van der Waals surface area contributed by atoms with Gasteiger partial charge in [0.2, 0.25) is 0 Å². The molecule has 0 saturated carbocycles. The number of nitrogens with zero attached hydrogens (tertiary/aromatic N) is 3. The molecule has 172 valence electrons. The maximum atomic E-state index is 12.7. The van der Waals surface area contributed by atoms with Crippen LogP contribution in [0.5, 0.6) is 5.75 Å². The molecule has 0 radical (unpaired) electrons. The number of nitrogens with one attached hydrogen (secondary N) is 1. The van der Waals surface area contributed by atoms with Gasteiger partial charge in [0.15, 0.2) is 4.34 Å². The molecular weight excluding hydrogens is 472 g/mol. The predicted octanol–water partition coefficient (Wildman–Crippen LogP) is 5.41. The molecule has 2 aromatic carbocycles. The molecule has 2 aromatic heterocycles. The van der Waals surface area contributed by atoms with Crippen LogP contribution in [0.3, 0.4) is 0 Å². The zero-order valence-electron chi connectivity index (χ0n) is 18.1. The molecule has 1 amide bonds. The highest BCUT2D eigenvalue weighted by molar-refractivity contribution is 8.01. The Bertz CT molecular complexity index is 1310. The first kappa shape index (κ1) is 23.4. The van der Waals surface area contributed by atoms with Crippen molar-refractivity contribution < 1.29 is 14.5 Å². The van der Waals surface area contributed by atoms with Crippen LogP contribution in [0.15, 0.2) is 81.5 Å². The second-order valence-electron chi connectivity index (χ2n) is 7.24. The Kier molecular flexibility index (Phi) is 7.51. The van der Waals surface area contributed by atoms with Crippen LogP contribution in [0.2, 0.25) is 0 Å². The van der Waals surface area contributed by atoms with Gasteiger partial charge in [0.1, 0.15) is 12.4 Å². The number of nitro groups is 1. The second kappa shape index (κ2) is 10.9. The van der Waals surface area contributed by atoms with Crippen molar-refractivity contribution in [2.45, 2.75) is 29.3 Å². The molecular formula is C24H20N4O4S2. The first-order valence-electron chi connectivity index (χ1n) is 10.3. The Morgan fingerprint density at radius 2 is 2.06 bits per heavy atom. The largest absolute Gasteiger partial charge is 0.487 e. The highest BCUT2D eigenvalue weighted by Crippen LogP contribution is 2.36. The average molecular weight is 493 g/mol. The van der Waals surface area contributed by atoms with Gasteiger partial charge in [-0.2, -0.15) is 0 Å². The van der Waals surface area contributed by atoms with Gasteiger partial charge in [-0.1, -0.05) is 30.0 Å². The normalized spacial score (nSPS) is 10.6. The van der Waals surface area contributed by atoms with Gasteiger partial charge in [-0.15, -0.1) is 11.3 Å². The molecule has 34 heavy (non-hydrogen) atoms.